The summed E-state index contributed by atoms with van der Waals surface area (Å²) in [7, 11) is 1.63. The average molecular weight is 287 g/mol. The summed E-state index contributed by atoms with van der Waals surface area (Å²) in [5.74, 6) is -0.857. The van der Waals surface area contributed by atoms with Gasteiger partial charge >= 0.3 is 5.97 Å². The summed E-state index contributed by atoms with van der Waals surface area (Å²) in [4.78, 5) is 10.8. The van der Waals surface area contributed by atoms with E-state index >= 15 is 0 Å². The van der Waals surface area contributed by atoms with Crippen LogP contribution in [0.2, 0.25) is 0 Å². The Kier molecular flexibility index (Phi) is 4.76. The van der Waals surface area contributed by atoms with Crippen molar-refractivity contribution in [3.05, 3.63) is 28.2 Å². The van der Waals surface area contributed by atoms with Gasteiger partial charge in [0.05, 0.1) is 0 Å². The Morgan fingerprint density at radius 3 is 2.75 bits per heavy atom. The van der Waals surface area contributed by atoms with Crippen LogP contribution < -0.4 is 10.6 Å². The van der Waals surface area contributed by atoms with Crippen LogP contribution >= 0.6 is 15.9 Å². The summed E-state index contributed by atoms with van der Waals surface area (Å²) < 4.78 is 1.01. The van der Waals surface area contributed by atoms with Gasteiger partial charge in [-0.2, -0.15) is 0 Å². The number of likely N-dealkylation sites (N-methyl/N-ethyl adjacent to an activating group) is 1. The molecule has 0 saturated carbocycles. The highest BCUT2D eigenvalue weighted by Crippen LogP contribution is 2.19. The zero-order chi connectivity index (χ0) is 12.1. The molecule has 4 nitrogen and oxygen atoms in total. The number of benzene rings is 1. The van der Waals surface area contributed by atoms with Crippen LogP contribution in [0, 0.1) is 6.92 Å². The molecule has 1 aromatic carbocycles. The second-order valence-corrected chi connectivity index (χ2v) is 4.44. The fourth-order valence-electron chi connectivity index (χ4n) is 1.35. The number of halogens is 1. The Morgan fingerprint density at radius 1 is 1.56 bits per heavy atom. The van der Waals surface area contributed by atoms with E-state index in [1.165, 1.54) is 0 Å². The molecule has 0 bridgehead atoms. The molecule has 88 valence electrons. The number of carbonyl (C=O) groups is 1. The van der Waals surface area contributed by atoms with Gasteiger partial charge in [-0.3, -0.25) is 4.79 Å². The molecule has 0 aliphatic heterocycles. The predicted octanol–water partition coefficient (Wildman–Crippen LogP) is 1.84. The summed E-state index contributed by atoms with van der Waals surface area (Å²) in [6, 6.07) is 5.25. The summed E-state index contributed by atoms with van der Waals surface area (Å²) in [6.07, 6.45) is 0. The van der Waals surface area contributed by atoms with Crippen molar-refractivity contribution in [1.29, 1.82) is 0 Å². The van der Waals surface area contributed by atoms with Gasteiger partial charge in [0.2, 0.25) is 0 Å². The lowest BCUT2D eigenvalue weighted by Gasteiger charge is -2.14. The van der Waals surface area contributed by atoms with E-state index in [9.17, 15) is 4.79 Å². The third kappa shape index (κ3) is 3.50. The van der Waals surface area contributed by atoms with Crippen molar-refractivity contribution < 1.29 is 9.90 Å². The number of hydrogen-bond acceptors (Lipinski definition) is 3. The van der Waals surface area contributed by atoms with E-state index in [-0.39, 0.29) is 0 Å². The van der Waals surface area contributed by atoms with E-state index in [2.05, 4.69) is 26.6 Å². The molecule has 1 unspecified atom stereocenters. The fraction of sp³-hybridized carbons (Fsp3) is 0.364. The van der Waals surface area contributed by atoms with E-state index < -0.39 is 12.0 Å². The van der Waals surface area contributed by atoms with E-state index in [1.54, 1.807) is 7.05 Å². The molecular formula is C11H15BrN2O2. The second-order valence-electron chi connectivity index (χ2n) is 3.52. The fourth-order valence-corrected chi connectivity index (χ4v) is 1.83. The minimum atomic E-state index is -0.857. The maximum atomic E-state index is 10.8. The molecule has 1 rings (SSSR count). The Balaban J connectivity index is 2.63. The average Bonchev–Trinajstić information content (AvgIpc) is 2.21. The van der Waals surface area contributed by atoms with E-state index in [4.69, 9.17) is 5.11 Å². The van der Waals surface area contributed by atoms with Gasteiger partial charge < -0.3 is 15.7 Å². The van der Waals surface area contributed by atoms with Crippen molar-refractivity contribution in [3.8, 4) is 0 Å². The highest BCUT2D eigenvalue weighted by Gasteiger charge is 2.14. The van der Waals surface area contributed by atoms with E-state index in [0.717, 1.165) is 15.7 Å². The monoisotopic (exact) mass is 286 g/mol. The van der Waals surface area contributed by atoms with Crippen LogP contribution in [-0.4, -0.2) is 30.7 Å². The van der Waals surface area contributed by atoms with Crippen molar-refractivity contribution in [2.45, 2.75) is 13.0 Å². The van der Waals surface area contributed by atoms with Crippen LogP contribution in [-0.2, 0) is 4.79 Å². The van der Waals surface area contributed by atoms with Gasteiger partial charge in [0.15, 0.2) is 0 Å². The van der Waals surface area contributed by atoms with Crippen molar-refractivity contribution >= 4 is 27.6 Å². The molecule has 0 fully saturated rings. The Morgan fingerprint density at radius 2 is 2.25 bits per heavy atom. The first-order chi connectivity index (χ1) is 7.54. The number of anilines is 1. The maximum absolute atomic E-state index is 10.8. The van der Waals surface area contributed by atoms with Gasteiger partial charge in [-0.25, -0.2) is 0 Å². The third-order valence-electron chi connectivity index (χ3n) is 2.33. The molecule has 0 aromatic heterocycles. The largest absolute Gasteiger partial charge is 0.480 e. The maximum Gasteiger partial charge on any atom is 0.322 e. The Hall–Kier alpha value is -1.07. The smallest absolute Gasteiger partial charge is 0.322 e. The summed E-state index contributed by atoms with van der Waals surface area (Å²) >= 11 is 3.38. The molecule has 0 radical (unpaired) electrons. The number of hydrogen-bond donors (Lipinski definition) is 3. The molecule has 0 aliphatic carbocycles. The number of nitrogens with one attached hydrogen (secondary N) is 2. The van der Waals surface area contributed by atoms with Crippen LogP contribution in [0.15, 0.2) is 22.7 Å². The van der Waals surface area contributed by atoms with E-state index in [1.807, 2.05) is 25.1 Å². The molecule has 5 heteroatoms. The molecule has 1 aromatic rings. The number of carboxylic acids is 1. The number of aryl methyl sites for hydroxylation is 1. The molecule has 16 heavy (non-hydrogen) atoms. The SMILES string of the molecule is CNC(CNc1ccc(Br)cc1C)C(=O)O. The van der Waals surface area contributed by atoms with Gasteiger partial charge in [-0.1, -0.05) is 15.9 Å². The van der Waals surface area contributed by atoms with Gasteiger partial charge in [0.1, 0.15) is 6.04 Å². The lowest BCUT2D eigenvalue weighted by atomic mass is 10.2. The Bertz CT molecular complexity index is 382. The van der Waals surface area contributed by atoms with Crippen LogP contribution in [0.3, 0.4) is 0 Å². The summed E-state index contributed by atoms with van der Waals surface area (Å²) in [5, 5.41) is 14.7. The molecule has 0 saturated heterocycles. The van der Waals surface area contributed by atoms with Gasteiger partial charge in [0.25, 0.3) is 0 Å². The minimum Gasteiger partial charge on any atom is -0.480 e. The molecule has 3 N–H and O–H groups in total. The highest BCUT2D eigenvalue weighted by atomic mass is 79.9. The minimum absolute atomic E-state index is 0.355. The van der Waals surface area contributed by atoms with E-state index in [0.29, 0.717) is 6.54 Å². The number of aliphatic carboxylic acids is 1. The third-order valence-corrected chi connectivity index (χ3v) is 2.82. The zero-order valence-corrected chi connectivity index (χ0v) is 10.8. The molecule has 0 amide bonds. The molecule has 0 heterocycles. The lowest BCUT2D eigenvalue weighted by Crippen LogP contribution is -2.39. The van der Waals surface area contributed by atoms with Crippen molar-refractivity contribution in [2.75, 3.05) is 18.9 Å². The first-order valence-corrected chi connectivity index (χ1v) is 5.74. The highest BCUT2D eigenvalue weighted by molar-refractivity contribution is 9.10. The van der Waals surface area contributed by atoms with Crippen LogP contribution in [0.4, 0.5) is 5.69 Å². The summed E-state index contributed by atoms with van der Waals surface area (Å²) in [5.41, 5.74) is 2.03. The molecule has 0 spiro atoms. The molecule has 1 atom stereocenters. The van der Waals surface area contributed by atoms with Gasteiger partial charge in [-0.05, 0) is 37.7 Å². The molecule has 0 aliphatic rings. The van der Waals surface area contributed by atoms with Crippen molar-refractivity contribution in [3.63, 3.8) is 0 Å². The summed E-state index contributed by atoms with van der Waals surface area (Å²) in [6.45, 7) is 2.33. The first-order valence-electron chi connectivity index (χ1n) is 4.94. The normalized spacial score (nSPS) is 12.2. The van der Waals surface area contributed by atoms with Gasteiger partial charge in [-0.15, -0.1) is 0 Å². The lowest BCUT2D eigenvalue weighted by molar-refractivity contribution is -0.138. The predicted molar refractivity (Wildman–Crippen MR) is 67.9 cm³/mol. The van der Waals surface area contributed by atoms with Crippen LogP contribution in [0.25, 0.3) is 0 Å². The van der Waals surface area contributed by atoms with Crippen molar-refractivity contribution in [2.24, 2.45) is 0 Å². The number of carboxylic acid groups (broad SMARTS) is 1. The van der Waals surface area contributed by atoms with Crippen molar-refractivity contribution in [1.82, 2.24) is 5.32 Å². The Labute approximate surface area is 103 Å². The first kappa shape index (κ1) is 13.0. The zero-order valence-electron chi connectivity index (χ0n) is 9.25. The quantitative estimate of drug-likeness (QED) is 0.773. The van der Waals surface area contributed by atoms with Crippen LogP contribution in [0.1, 0.15) is 5.56 Å². The van der Waals surface area contributed by atoms with Gasteiger partial charge in [0, 0.05) is 16.7 Å². The number of rotatable bonds is 5. The topological polar surface area (TPSA) is 61.4 Å². The van der Waals surface area contributed by atoms with Crippen LogP contribution in [0.5, 0.6) is 0 Å². The molecular weight excluding hydrogens is 272 g/mol. The standard InChI is InChI=1S/C11H15BrN2O2/c1-7-5-8(12)3-4-9(7)14-6-10(13-2)11(15)16/h3-5,10,13-14H,6H2,1-2H3,(H,15,16). The second kappa shape index (κ2) is 5.86.